The number of anilines is 1. The molecule has 3 aromatic heterocycles. The van der Waals surface area contributed by atoms with Crippen LogP contribution >= 0.6 is 0 Å². The molecule has 4 heterocycles. The molecule has 3 aromatic rings. The molecule has 1 N–H and O–H groups in total. The molecule has 3 atom stereocenters. The second-order valence-electron chi connectivity index (χ2n) is 6.66. The van der Waals surface area contributed by atoms with Crippen LogP contribution in [0.3, 0.4) is 0 Å². The van der Waals surface area contributed by atoms with Crippen LogP contribution in [-0.2, 0) is 4.74 Å². The average Bonchev–Trinajstić information content (AvgIpc) is 3.30. The van der Waals surface area contributed by atoms with Gasteiger partial charge in [0.05, 0.1) is 12.1 Å². The van der Waals surface area contributed by atoms with Crippen LogP contribution < -0.4 is 10.2 Å². The largest absolute Gasteiger partial charge is 0.459 e. The Morgan fingerprint density at radius 3 is 3.00 bits per heavy atom. The summed E-state index contributed by atoms with van der Waals surface area (Å²) in [6, 6.07) is 6.30. The van der Waals surface area contributed by atoms with Crippen molar-refractivity contribution in [1.82, 2.24) is 20.3 Å². The van der Waals surface area contributed by atoms with Crippen LogP contribution in [0, 0.1) is 0 Å². The average molecular weight is 353 g/mol. The number of nitrogens with one attached hydrogen (secondary N) is 1. The molecule has 1 aliphatic rings. The lowest BCUT2D eigenvalue weighted by Crippen LogP contribution is -2.39. The smallest absolute Gasteiger partial charge is 0.137 e. The molecule has 136 valence electrons. The molecular formula is C19H23N5O2. The van der Waals surface area contributed by atoms with Gasteiger partial charge in [-0.1, -0.05) is 0 Å². The Bertz CT molecular complexity index is 820. The highest BCUT2D eigenvalue weighted by atomic mass is 16.5. The van der Waals surface area contributed by atoms with Crippen molar-refractivity contribution in [3.05, 3.63) is 48.9 Å². The summed E-state index contributed by atoms with van der Waals surface area (Å²) in [6.07, 6.45) is 8.11. The normalized spacial score (nSPS) is 21.4. The first-order chi connectivity index (χ1) is 12.7. The lowest BCUT2D eigenvalue weighted by molar-refractivity contribution is 0.118. The Kier molecular flexibility index (Phi) is 4.81. The molecular weight excluding hydrogens is 330 g/mol. The number of pyridine rings is 1. The van der Waals surface area contributed by atoms with Gasteiger partial charge >= 0.3 is 0 Å². The maximum absolute atomic E-state index is 5.94. The zero-order valence-corrected chi connectivity index (χ0v) is 15.0. The van der Waals surface area contributed by atoms with Gasteiger partial charge in [0.1, 0.15) is 23.5 Å². The molecule has 4 rings (SSSR count). The molecule has 1 fully saturated rings. The lowest BCUT2D eigenvalue weighted by atomic mass is 10.1. The maximum Gasteiger partial charge on any atom is 0.137 e. The number of rotatable bonds is 6. The van der Waals surface area contributed by atoms with Crippen molar-refractivity contribution in [2.45, 2.75) is 31.5 Å². The first-order valence-electron chi connectivity index (χ1n) is 8.87. The highest BCUT2D eigenvalue weighted by Crippen LogP contribution is 2.26. The first kappa shape index (κ1) is 16.9. The molecule has 1 saturated heterocycles. The Hall–Kier alpha value is -2.51. The molecule has 0 spiro atoms. The summed E-state index contributed by atoms with van der Waals surface area (Å²) in [7, 11) is 1.77. The predicted octanol–water partition coefficient (Wildman–Crippen LogP) is 2.56. The number of hydrogen-bond acceptors (Lipinski definition) is 7. The highest BCUT2D eigenvalue weighted by molar-refractivity contribution is 5.76. The molecule has 0 saturated carbocycles. The van der Waals surface area contributed by atoms with Gasteiger partial charge in [0.25, 0.3) is 0 Å². The number of nitrogens with zero attached hydrogens (tertiary/aromatic N) is 4. The van der Waals surface area contributed by atoms with Crippen LogP contribution in [0.25, 0.3) is 11.0 Å². The number of furan rings is 1. The quantitative estimate of drug-likeness (QED) is 0.730. The fourth-order valence-electron chi connectivity index (χ4n) is 3.50. The number of ether oxygens (including phenoxy) is 1. The summed E-state index contributed by atoms with van der Waals surface area (Å²) in [5.74, 6) is 1.86. The summed E-state index contributed by atoms with van der Waals surface area (Å²) < 4.78 is 11.5. The molecule has 1 aliphatic heterocycles. The number of methoxy groups -OCH3 is 1. The fraction of sp³-hybridized carbons (Fsp3) is 0.421. The Labute approximate surface area is 152 Å². The third-order valence-electron chi connectivity index (χ3n) is 4.99. The molecule has 1 unspecified atom stereocenters. The minimum Gasteiger partial charge on any atom is -0.459 e. The molecule has 0 aliphatic carbocycles. The summed E-state index contributed by atoms with van der Waals surface area (Å²) >= 11 is 0. The van der Waals surface area contributed by atoms with E-state index in [0.29, 0.717) is 6.04 Å². The van der Waals surface area contributed by atoms with Crippen molar-refractivity contribution in [3.8, 4) is 0 Å². The van der Waals surface area contributed by atoms with Crippen LogP contribution in [0.4, 0.5) is 5.82 Å². The minimum atomic E-state index is 0.108. The number of hydrogen-bond donors (Lipinski definition) is 1. The van der Waals surface area contributed by atoms with E-state index in [0.717, 1.165) is 42.1 Å². The minimum absolute atomic E-state index is 0.108. The van der Waals surface area contributed by atoms with E-state index in [4.69, 9.17) is 9.15 Å². The van der Waals surface area contributed by atoms with Gasteiger partial charge in [0.2, 0.25) is 0 Å². The molecule has 0 amide bonds. The first-order valence-corrected chi connectivity index (χ1v) is 8.87. The van der Waals surface area contributed by atoms with Crippen molar-refractivity contribution in [3.63, 3.8) is 0 Å². The van der Waals surface area contributed by atoms with E-state index in [2.05, 4.69) is 38.2 Å². The SMILES string of the molecule is CO[C@@H]1C[C@H](CNC(C)c2cc3cnccc3o2)N(c2ccncn2)C1. The van der Waals surface area contributed by atoms with Gasteiger partial charge in [-0.15, -0.1) is 0 Å². The Morgan fingerprint density at radius 1 is 1.35 bits per heavy atom. The summed E-state index contributed by atoms with van der Waals surface area (Å²) in [4.78, 5) is 14.8. The summed E-state index contributed by atoms with van der Waals surface area (Å²) in [5, 5.41) is 4.62. The molecule has 0 radical (unpaired) electrons. The number of aromatic nitrogens is 3. The molecule has 7 heteroatoms. The van der Waals surface area contributed by atoms with E-state index in [9.17, 15) is 0 Å². The molecule has 7 nitrogen and oxygen atoms in total. The van der Waals surface area contributed by atoms with Crippen molar-refractivity contribution in [2.75, 3.05) is 25.1 Å². The van der Waals surface area contributed by atoms with Gasteiger partial charge in [0, 0.05) is 50.2 Å². The van der Waals surface area contributed by atoms with Crippen molar-refractivity contribution in [2.24, 2.45) is 0 Å². The third kappa shape index (κ3) is 3.40. The summed E-state index contributed by atoms with van der Waals surface area (Å²) in [5.41, 5.74) is 0.867. The van der Waals surface area contributed by atoms with Gasteiger partial charge in [-0.25, -0.2) is 9.97 Å². The van der Waals surface area contributed by atoms with E-state index in [1.807, 2.05) is 18.3 Å². The van der Waals surface area contributed by atoms with Gasteiger partial charge < -0.3 is 19.4 Å². The zero-order chi connectivity index (χ0) is 17.9. The van der Waals surface area contributed by atoms with E-state index >= 15 is 0 Å². The standard InChI is InChI=1S/C19H23N5O2/c1-13(18-7-14-9-20-5-3-17(14)26-18)22-10-15-8-16(25-2)11-24(15)19-4-6-21-12-23-19/h3-7,9,12-13,15-16,22H,8,10-11H2,1-2H3/t13?,15-,16-/m1/s1. The van der Waals surface area contributed by atoms with Crippen LogP contribution in [0.5, 0.6) is 0 Å². The van der Waals surface area contributed by atoms with Gasteiger partial charge in [0.15, 0.2) is 0 Å². The Balaban J connectivity index is 1.44. The van der Waals surface area contributed by atoms with Gasteiger partial charge in [-0.2, -0.15) is 0 Å². The Morgan fingerprint density at radius 2 is 2.23 bits per heavy atom. The predicted molar refractivity (Wildman–Crippen MR) is 99.0 cm³/mol. The van der Waals surface area contributed by atoms with Gasteiger partial charge in [-0.05, 0) is 31.5 Å². The highest BCUT2D eigenvalue weighted by Gasteiger charge is 2.33. The topological polar surface area (TPSA) is 76.3 Å². The monoisotopic (exact) mass is 353 g/mol. The third-order valence-corrected chi connectivity index (χ3v) is 4.99. The van der Waals surface area contributed by atoms with Crippen LogP contribution in [-0.4, -0.2) is 47.3 Å². The molecule has 0 aromatic carbocycles. The van der Waals surface area contributed by atoms with Crippen molar-refractivity contribution in [1.29, 1.82) is 0 Å². The summed E-state index contributed by atoms with van der Waals surface area (Å²) in [6.45, 7) is 3.77. The van der Waals surface area contributed by atoms with E-state index in [1.54, 1.807) is 25.8 Å². The van der Waals surface area contributed by atoms with Gasteiger partial charge in [-0.3, -0.25) is 4.98 Å². The van der Waals surface area contributed by atoms with E-state index in [1.165, 1.54) is 0 Å². The van der Waals surface area contributed by atoms with Crippen molar-refractivity contribution < 1.29 is 9.15 Å². The van der Waals surface area contributed by atoms with E-state index in [-0.39, 0.29) is 12.1 Å². The lowest BCUT2D eigenvalue weighted by Gasteiger charge is -2.26. The molecule has 26 heavy (non-hydrogen) atoms. The second kappa shape index (κ2) is 7.39. The van der Waals surface area contributed by atoms with Crippen LogP contribution in [0.2, 0.25) is 0 Å². The van der Waals surface area contributed by atoms with Crippen LogP contribution in [0.1, 0.15) is 25.1 Å². The maximum atomic E-state index is 5.94. The second-order valence-corrected chi connectivity index (χ2v) is 6.66. The fourth-order valence-corrected chi connectivity index (χ4v) is 3.50. The number of fused-ring (bicyclic) bond motifs is 1. The van der Waals surface area contributed by atoms with E-state index < -0.39 is 0 Å². The molecule has 0 bridgehead atoms. The zero-order valence-electron chi connectivity index (χ0n) is 15.0. The van der Waals surface area contributed by atoms with Crippen molar-refractivity contribution >= 4 is 16.8 Å². The van der Waals surface area contributed by atoms with Crippen LogP contribution in [0.15, 0.2) is 47.5 Å².